The zero-order valence-electron chi connectivity index (χ0n) is 12.8. The average molecular weight is 292 g/mol. The predicted octanol–water partition coefficient (Wildman–Crippen LogP) is -0.200. The summed E-state index contributed by atoms with van der Waals surface area (Å²) in [5, 5.41) is 3.54. The van der Waals surface area contributed by atoms with Gasteiger partial charge in [0.15, 0.2) is 0 Å². The molecule has 2 unspecified atom stereocenters. The van der Waals surface area contributed by atoms with E-state index in [-0.39, 0.29) is 11.2 Å². The van der Waals surface area contributed by atoms with Crippen molar-refractivity contribution in [3.63, 3.8) is 0 Å². The van der Waals surface area contributed by atoms with Crippen molar-refractivity contribution in [1.29, 1.82) is 0 Å². The molecule has 2 aliphatic rings. The third-order valence-corrected chi connectivity index (χ3v) is 4.93. The largest absolute Gasteiger partial charge is 0.330 e. The first-order chi connectivity index (χ1) is 10.1. The summed E-state index contributed by atoms with van der Waals surface area (Å²) in [6, 6.07) is 1.09. The fourth-order valence-corrected chi connectivity index (χ4v) is 3.73. The van der Waals surface area contributed by atoms with Crippen LogP contribution in [0.3, 0.4) is 0 Å². The van der Waals surface area contributed by atoms with Gasteiger partial charge in [0.1, 0.15) is 0 Å². The van der Waals surface area contributed by atoms with Crippen LogP contribution in [-0.4, -0.2) is 39.2 Å². The highest BCUT2D eigenvalue weighted by Gasteiger charge is 2.35. The fourth-order valence-electron chi connectivity index (χ4n) is 3.73. The second kappa shape index (κ2) is 5.77. The van der Waals surface area contributed by atoms with Crippen molar-refractivity contribution in [3.05, 3.63) is 32.6 Å². The Hall–Kier alpha value is -1.40. The molecule has 6 heteroatoms. The van der Waals surface area contributed by atoms with E-state index in [2.05, 4.69) is 10.2 Å². The van der Waals surface area contributed by atoms with Crippen LogP contribution in [-0.2, 0) is 20.6 Å². The SMILES string of the molecule is Cn1cc(CNC2CCN3CCCCC23)c(=O)n(C)c1=O. The highest BCUT2D eigenvalue weighted by Crippen LogP contribution is 2.27. The van der Waals surface area contributed by atoms with Crippen molar-refractivity contribution < 1.29 is 0 Å². The van der Waals surface area contributed by atoms with Crippen LogP contribution in [0.5, 0.6) is 0 Å². The van der Waals surface area contributed by atoms with Gasteiger partial charge in [0.25, 0.3) is 5.56 Å². The first-order valence-electron chi connectivity index (χ1n) is 7.81. The van der Waals surface area contributed by atoms with Crippen molar-refractivity contribution in [3.8, 4) is 0 Å². The summed E-state index contributed by atoms with van der Waals surface area (Å²) in [6.07, 6.45) is 6.68. The molecule has 0 aromatic carbocycles. The van der Waals surface area contributed by atoms with Gasteiger partial charge in [0.05, 0.1) is 0 Å². The maximum Gasteiger partial charge on any atom is 0.330 e. The number of piperidine rings is 1. The number of aromatic nitrogens is 2. The summed E-state index contributed by atoms with van der Waals surface area (Å²) >= 11 is 0. The van der Waals surface area contributed by atoms with E-state index in [1.54, 1.807) is 13.2 Å². The Bertz CT molecular complexity index is 634. The quantitative estimate of drug-likeness (QED) is 0.838. The molecular weight excluding hydrogens is 268 g/mol. The highest BCUT2D eigenvalue weighted by molar-refractivity contribution is 5.06. The molecular formula is C15H24N4O2. The lowest BCUT2D eigenvalue weighted by molar-refractivity contribution is 0.180. The first kappa shape index (κ1) is 14.5. The molecule has 1 aromatic heterocycles. The molecule has 1 aromatic rings. The second-order valence-corrected chi connectivity index (χ2v) is 6.29. The summed E-state index contributed by atoms with van der Waals surface area (Å²) < 4.78 is 2.65. The van der Waals surface area contributed by atoms with E-state index in [1.165, 1.54) is 42.0 Å². The Morgan fingerprint density at radius 1 is 1.19 bits per heavy atom. The van der Waals surface area contributed by atoms with Gasteiger partial charge in [0, 0.05) is 51.0 Å². The van der Waals surface area contributed by atoms with Crippen LogP contribution in [0.15, 0.2) is 15.8 Å². The third kappa shape index (κ3) is 2.70. The molecule has 6 nitrogen and oxygen atoms in total. The summed E-state index contributed by atoms with van der Waals surface area (Å²) in [5.74, 6) is 0. The van der Waals surface area contributed by atoms with Crippen LogP contribution >= 0.6 is 0 Å². The van der Waals surface area contributed by atoms with Crippen molar-refractivity contribution >= 4 is 0 Å². The Labute approximate surface area is 124 Å². The average Bonchev–Trinajstić information content (AvgIpc) is 2.91. The first-order valence-corrected chi connectivity index (χ1v) is 7.81. The molecule has 0 saturated carbocycles. The van der Waals surface area contributed by atoms with E-state index in [0.717, 1.165) is 13.0 Å². The van der Waals surface area contributed by atoms with Gasteiger partial charge in [-0.15, -0.1) is 0 Å². The molecule has 0 spiro atoms. The number of hydrogen-bond acceptors (Lipinski definition) is 4. The molecule has 2 aliphatic heterocycles. The van der Waals surface area contributed by atoms with Gasteiger partial charge in [-0.3, -0.25) is 14.3 Å². The van der Waals surface area contributed by atoms with E-state index < -0.39 is 0 Å². The molecule has 21 heavy (non-hydrogen) atoms. The molecule has 0 bridgehead atoms. The Balaban J connectivity index is 1.71. The van der Waals surface area contributed by atoms with Gasteiger partial charge in [-0.1, -0.05) is 6.42 Å². The van der Waals surface area contributed by atoms with Crippen molar-refractivity contribution in [2.24, 2.45) is 14.1 Å². The van der Waals surface area contributed by atoms with Crippen LogP contribution < -0.4 is 16.6 Å². The lowest BCUT2D eigenvalue weighted by atomic mass is 9.99. The van der Waals surface area contributed by atoms with Crippen LogP contribution in [0.1, 0.15) is 31.2 Å². The van der Waals surface area contributed by atoms with E-state index in [0.29, 0.717) is 24.2 Å². The molecule has 3 heterocycles. The van der Waals surface area contributed by atoms with Gasteiger partial charge in [0.2, 0.25) is 0 Å². The molecule has 116 valence electrons. The van der Waals surface area contributed by atoms with Crippen LogP contribution in [0.25, 0.3) is 0 Å². The molecule has 0 aliphatic carbocycles. The lowest BCUT2D eigenvalue weighted by Gasteiger charge is -2.32. The predicted molar refractivity (Wildman–Crippen MR) is 81.4 cm³/mol. The summed E-state index contributed by atoms with van der Waals surface area (Å²) in [7, 11) is 3.22. The molecule has 1 N–H and O–H groups in total. The summed E-state index contributed by atoms with van der Waals surface area (Å²) in [4.78, 5) is 26.4. The smallest absolute Gasteiger partial charge is 0.308 e. The standard InChI is InChI=1S/C15H24N4O2/c1-17-10-11(14(20)18(2)15(17)21)9-16-12-6-8-19-7-4-3-5-13(12)19/h10,12-13,16H,3-9H2,1-2H3. The van der Waals surface area contributed by atoms with Crippen molar-refractivity contribution in [1.82, 2.24) is 19.4 Å². The minimum Gasteiger partial charge on any atom is -0.308 e. The number of hydrogen-bond donors (Lipinski definition) is 1. The molecule has 2 atom stereocenters. The van der Waals surface area contributed by atoms with Crippen molar-refractivity contribution in [2.75, 3.05) is 13.1 Å². The minimum atomic E-state index is -0.275. The molecule has 0 amide bonds. The van der Waals surface area contributed by atoms with Crippen molar-refractivity contribution in [2.45, 2.75) is 44.3 Å². The molecule has 2 saturated heterocycles. The molecule has 2 fully saturated rings. The zero-order chi connectivity index (χ0) is 15.0. The van der Waals surface area contributed by atoms with Gasteiger partial charge in [-0.2, -0.15) is 0 Å². The Morgan fingerprint density at radius 2 is 2.00 bits per heavy atom. The van der Waals surface area contributed by atoms with Gasteiger partial charge in [-0.25, -0.2) is 4.79 Å². The highest BCUT2D eigenvalue weighted by atomic mass is 16.2. The number of aryl methyl sites for hydroxylation is 1. The number of nitrogens with zero attached hydrogens (tertiary/aromatic N) is 3. The Morgan fingerprint density at radius 3 is 2.81 bits per heavy atom. The number of nitrogens with one attached hydrogen (secondary N) is 1. The fraction of sp³-hybridized carbons (Fsp3) is 0.733. The summed E-state index contributed by atoms with van der Waals surface area (Å²) in [5.41, 5.74) is 0.195. The van der Waals surface area contributed by atoms with E-state index >= 15 is 0 Å². The maximum atomic E-state index is 12.1. The van der Waals surface area contributed by atoms with Crippen LogP contribution in [0, 0.1) is 0 Å². The van der Waals surface area contributed by atoms with Crippen LogP contribution in [0.2, 0.25) is 0 Å². The third-order valence-electron chi connectivity index (χ3n) is 4.93. The monoisotopic (exact) mass is 292 g/mol. The van der Waals surface area contributed by atoms with E-state index in [9.17, 15) is 9.59 Å². The van der Waals surface area contributed by atoms with Gasteiger partial charge < -0.3 is 9.88 Å². The molecule has 3 rings (SSSR count). The zero-order valence-corrected chi connectivity index (χ0v) is 12.8. The van der Waals surface area contributed by atoms with E-state index in [4.69, 9.17) is 0 Å². The maximum absolute atomic E-state index is 12.1. The number of rotatable bonds is 3. The van der Waals surface area contributed by atoms with Crippen LogP contribution in [0.4, 0.5) is 0 Å². The number of fused-ring (bicyclic) bond motifs is 1. The lowest BCUT2D eigenvalue weighted by Crippen LogP contribution is -2.46. The second-order valence-electron chi connectivity index (χ2n) is 6.29. The van der Waals surface area contributed by atoms with E-state index in [1.807, 2.05) is 0 Å². The Kier molecular flexibility index (Phi) is 3.99. The summed E-state index contributed by atoms with van der Waals surface area (Å²) in [6.45, 7) is 2.91. The topological polar surface area (TPSA) is 59.3 Å². The minimum absolute atomic E-state index is 0.191. The van der Waals surface area contributed by atoms with Gasteiger partial charge >= 0.3 is 5.69 Å². The van der Waals surface area contributed by atoms with Gasteiger partial charge in [-0.05, 0) is 25.8 Å². The molecule has 0 radical (unpaired) electrons. The normalized spacial score (nSPS) is 26.0.